The van der Waals surface area contributed by atoms with Gasteiger partial charge in [0.15, 0.2) is 5.96 Å². The molecule has 3 aromatic rings. The maximum Gasteiger partial charge on any atom is 0.191 e. The second-order valence-corrected chi connectivity index (χ2v) is 6.15. The summed E-state index contributed by atoms with van der Waals surface area (Å²) >= 11 is 1.74. The molecule has 3 rings (SSSR count). The number of nitrogens with zero attached hydrogens (tertiary/aromatic N) is 4. The third-order valence-electron chi connectivity index (χ3n) is 3.35. The summed E-state index contributed by atoms with van der Waals surface area (Å²) in [6.45, 7) is 4.25. The zero-order valence-electron chi connectivity index (χ0n) is 13.5. The van der Waals surface area contributed by atoms with Gasteiger partial charge in [-0.15, -0.1) is 11.3 Å². The summed E-state index contributed by atoms with van der Waals surface area (Å²) in [7, 11) is 0. The lowest BCUT2D eigenvalue weighted by molar-refractivity contribution is 0.822. The van der Waals surface area contributed by atoms with E-state index in [0.29, 0.717) is 6.54 Å². The average Bonchev–Trinajstić information content (AvgIpc) is 3.31. The maximum absolute atomic E-state index is 4.62. The first-order valence-corrected chi connectivity index (χ1v) is 8.71. The second-order valence-electron chi connectivity index (χ2n) is 5.12. The van der Waals surface area contributed by atoms with Gasteiger partial charge < -0.3 is 10.6 Å². The molecule has 2 N–H and O–H groups in total. The smallest absolute Gasteiger partial charge is 0.191 e. The van der Waals surface area contributed by atoms with Gasteiger partial charge in [-0.05, 0) is 30.0 Å². The predicted molar refractivity (Wildman–Crippen MR) is 97.3 cm³/mol. The Morgan fingerprint density at radius 2 is 2.25 bits per heavy atom. The van der Waals surface area contributed by atoms with Crippen LogP contribution < -0.4 is 10.6 Å². The minimum Gasteiger partial charge on any atom is -0.357 e. The van der Waals surface area contributed by atoms with Crippen molar-refractivity contribution in [1.82, 2.24) is 25.2 Å². The van der Waals surface area contributed by atoms with Crippen LogP contribution in [0.25, 0.3) is 5.82 Å². The van der Waals surface area contributed by atoms with Crippen LogP contribution in [0.2, 0.25) is 0 Å². The highest BCUT2D eigenvalue weighted by atomic mass is 32.1. The summed E-state index contributed by atoms with van der Waals surface area (Å²) in [4.78, 5) is 14.4. The molecule has 0 bridgehead atoms. The molecule has 0 radical (unpaired) electrons. The van der Waals surface area contributed by atoms with Gasteiger partial charge >= 0.3 is 0 Å². The van der Waals surface area contributed by atoms with E-state index in [9.17, 15) is 0 Å². The highest BCUT2D eigenvalue weighted by molar-refractivity contribution is 7.09. The minimum absolute atomic E-state index is 0.580. The normalized spacial score (nSPS) is 11.5. The number of guanidine groups is 1. The summed E-state index contributed by atoms with van der Waals surface area (Å²) in [6, 6.07) is 8.17. The van der Waals surface area contributed by atoms with Crippen molar-refractivity contribution in [2.75, 3.05) is 6.54 Å². The third-order valence-corrected chi connectivity index (χ3v) is 4.23. The fourth-order valence-electron chi connectivity index (χ4n) is 2.15. The zero-order valence-corrected chi connectivity index (χ0v) is 14.3. The quantitative estimate of drug-likeness (QED) is 0.535. The van der Waals surface area contributed by atoms with E-state index in [1.54, 1.807) is 23.9 Å². The fourth-order valence-corrected chi connectivity index (χ4v) is 2.80. The number of aliphatic imine (C=N–C) groups is 1. The topological polar surface area (TPSA) is 67.1 Å². The first-order chi connectivity index (χ1) is 11.8. The van der Waals surface area contributed by atoms with Gasteiger partial charge in [0.2, 0.25) is 0 Å². The minimum atomic E-state index is 0.580. The first-order valence-electron chi connectivity index (χ1n) is 7.83. The highest BCUT2D eigenvalue weighted by Crippen LogP contribution is 2.08. The van der Waals surface area contributed by atoms with Crippen LogP contribution in [-0.4, -0.2) is 27.0 Å². The van der Waals surface area contributed by atoms with Crippen LogP contribution >= 0.6 is 11.3 Å². The Bertz CT molecular complexity index is 747. The summed E-state index contributed by atoms with van der Waals surface area (Å²) < 4.78 is 1.87. The Morgan fingerprint density at radius 1 is 1.29 bits per heavy atom. The SMILES string of the molecule is CCNC(=NCc1ccc(-n2ccnc2)nc1)NCc1cccs1. The molecule has 3 aromatic heterocycles. The lowest BCUT2D eigenvalue weighted by Gasteiger charge is -2.10. The third kappa shape index (κ3) is 4.42. The van der Waals surface area contributed by atoms with Crippen LogP contribution in [0.3, 0.4) is 0 Å². The molecule has 6 nitrogen and oxygen atoms in total. The van der Waals surface area contributed by atoms with Crippen LogP contribution in [0.15, 0.2) is 59.6 Å². The van der Waals surface area contributed by atoms with Crippen LogP contribution in [0.4, 0.5) is 0 Å². The van der Waals surface area contributed by atoms with E-state index < -0.39 is 0 Å². The second kappa shape index (κ2) is 8.26. The maximum atomic E-state index is 4.62. The number of pyridine rings is 1. The van der Waals surface area contributed by atoms with Crippen molar-refractivity contribution in [2.24, 2.45) is 4.99 Å². The molecular formula is C17H20N6S. The Balaban J connectivity index is 1.60. The summed E-state index contributed by atoms with van der Waals surface area (Å²) in [6.07, 6.45) is 7.19. The number of hydrogen-bond acceptors (Lipinski definition) is 4. The van der Waals surface area contributed by atoms with E-state index in [1.165, 1.54) is 4.88 Å². The molecule has 7 heteroatoms. The molecule has 124 valence electrons. The molecule has 24 heavy (non-hydrogen) atoms. The standard InChI is InChI=1S/C17H20N6S/c1-2-19-17(22-12-15-4-3-9-24-15)21-11-14-5-6-16(20-10-14)23-8-7-18-13-23/h3-10,13H,2,11-12H2,1H3,(H2,19,21,22). The number of hydrogen-bond donors (Lipinski definition) is 2. The molecule has 0 atom stereocenters. The van der Waals surface area contributed by atoms with Gasteiger partial charge in [-0.3, -0.25) is 4.57 Å². The lowest BCUT2D eigenvalue weighted by atomic mass is 10.3. The molecule has 0 spiro atoms. The van der Waals surface area contributed by atoms with Crippen LogP contribution in [0.1, 0.15) is 17.4 Å². The molecule has 0 aliphatic heterocycles. The van der Waals surface area contributed by atoms with Gasteiger partial charge in [-0.1, -0.05) is 12.1 Å². The number of nitrogens with one attached hydrogen (secondary N) is 2. The van der Waals surface area contributed by atoms with E-state index >= 15 is 0 Å². The van der Waals surface area contributed by atoms with E-state index in [4.69, 9.17) is 0 Å². The van der Waals surface area contributed by atoms with E-state index in [0.717, 1.165) is 30.4 Å². The van der Waals surface area contributed by atoms with Crippen LogP contribution in [-0.2, 0) is 13.1 Å². The zero-order chi connectivity index (χ0) is 16.6. The van der Waals surface area contributed by atoms with Gasteiger partial charge in [-0.25, -0.2) is 15.0 Å². The largest absolute Gasteiger partial charge is 0.357 e. The van der Waals surface area contributed by atoms with Crippen molar-refractivity contribution in [3.05, 3.63) is 65.0 Å². The van der Waals surface area contributed by atoms with E-state index in [-0.39, 0.29) is 0 Å². The van der Waals surface area contributed by atoms with Gasteiger partial charge in [-0.2, -0.15) is 0 Å². The lowest BCUT2D eigenvalue weighted by Crippen LogP contribution is -2.36. The molecular weight excluding hydrogens is 320 g/mol. The Hall–Kier alpha value is -2.67. The first kappa shape index (κ1) is 16.2. The van der Waals surface area contributed by atoms with Crippen molar-refractivity contribution in [3.8, 4) is 5.82 Å². The van der Waals surface area contributed by atoms with E-state index in [1.807, 2.05) is 29.1 Å². The highest BCUT2D eigenvalue weighted by Gasteiger charge is 2.01. The van der Waals surface area contributed by atoms with Gasteiger partial charge in [0.25, 0.3) is 0 Å². The number of rotatable bonds is 6. The van der Waals surface area contributed by atoms with Crippen LogP contribution in [0, 0.1) is 0 Å². The van der Waals surface area contributed by atoms with E-state index in [2.05, 4.69) is 50.0 Å². The van der Waals surface area contributed by atoms with Crippen molar-refractivity contribution >= 4 is 17.3 Å². The Morgan fingerprint density at radius 3 is 2.92 bits per heavy atom. The van der Waals surface area contributed by atoms with Gasteiger partial charge in [0.1, 0.15) is 12.1 Å². The monoisotopic (exact) mass is 340 g/mol. The fraction of sp³-hybridized carbons (Fsp3) is 0.235. The van der Waals surface area contributed by atoms with Crippen molar-refractivity contribution in [1.29, 1.82) is 0 Å². The number of aromatic nitrogens is 3. The molecule has 0 saturated carbocycles. The van der Waals surface area contributed by atoms with Crippen LogP contribution in [0.5, 0.6) is 0 Å². The molecule has 3 heterocycles. The van der Waals surface area contributed by atoms with Crippen molar-refractivity contribution < 1.29 is 0 Å². The Kier molecular flexibility index (Phi) is 5.57. The van der Waals surface area contributed by atoms with Gasteiger partial charge in [0.05, 0.1) is 13.1 Å². The molecule has 0 amide bonds. The molecule has 0 saturated heterocycles. The summed E-state index contributed by atoms with van der Waals surface area (Å²) in [5, 5.41) is 8.68. The predicted octanol–water partition coefficient (Wildman–Crippen LogP) is 2.58. The van der Waals surface area contributed by atoms with Crippen molar-refractivity contribution in [2.45, 2.75) is 20.0 Å². The Labute approximate surface area is 145 Å². The average molecular weight is 340 g/mol. The summed E-state index contributed by atoms with van der Waals surface area (Å²) in [5.41, 5.74) is 1.06. The molecule has 0 fully saturated rings. The number of imidazole rings is 1. The molecule has 0 aliphatic rings. The summed E-state index contributed by atoms with van der Waals surface area (Å²) in [5.74, 6) is 1.66. The number of thiophene rings is 1. The molecule has 0 unspecified atom stereocenters. The molecule has 0 aromatic carbocycles. The van der Waals surface area contributed by atoms with Crippen molar-refractivity contribution in [3.63, 3.8) is 0 Å². The van der Waals surface area contributed by atoms with Gasteiger partial charge in [0, 0.05) is 30.0 Å². The molecule has 0 aliphatic carbocycles.